The van der Waals surface area contributed by atoms with Crippen molar-refractivity contribution in [3.63, 3.8) is 0 Å². The molecule has 0 bridgehead atoms. The topological polar surface area (TPSA) is 114 Å². The third-order valence-corrected chi connectivity index (χ3v) is 7.22. The van der Waals surface area contributed by atoms with Crippen molar-refractivity contribution >= 4 is 43.3 Å². The van der Waals surface area contributed by atoms with Gasteiger partial charge in [0.15, 0.2) is 10.7 Å². The number of benzene rings is 1. The van der Waals surface area contributed by atoms with E-state index >= 15 is 0 Å². The van der Waals surface area contributed by atoms with Crippen molar-refractivity contribution in [1.82, 2.24) is 14.6 Å². The molecule has 0 atom stereocenters. The molecule has 1 saturated heterocycles. The maximum atomic E-state index is 13.2. The molecule has 0 saturated carbocycles. The highest BCUT2D eigenvalue weighted by atomic mass is 79.9. The van der Waals surface area contributed by atoms with E-state index in [1.165, 1.54) is 28.9 Å². The molecule has 3 aromatic rings. The number of rotatable bonds is 5. The number of sulfone groups is 1. The number of aromatic nitrogens is 3. The Morgan fingerprint density at radius 1 is 1.27 bits per heavy atom. The van der Waals surface area contributed by atoms with E-state index in [9.17, 15) is 18.3 Å². The quantitative estimate of drug-likeness (QED) is 0.541. The van der Waals surface area contributed by atoms with E-state index in [4.69, 9.17) is 4.74 Å². The molecule has 0 spiro atoms. The number of carbonyl (C=O) groups is 1. The SMILES string of the molecule is O=C(O)N(CC1CCOCC1)c1cc(S(=O)(=O)c2ccccc2)nc2c(Br)cnn12. The average molecular weight is 495 g/mol. The summed E-state index contributed by atoms with van der Waals surface area (Å²) in [4.78, 5) is 17.6. The van der Waals surface area contributed by atoms with Crippen LogP contribution in [0.1, 0.15) is 12.8 Å². The number of amides is 1. The fourth-order valence-corrected chi connectivity index (χ4v) is 4.98. The average Bonchev–Trinajstić information content (AvgIpc) is 3.13. The Kier molecular flexibility index (Phi) is 5.76. The second-order valence-corrected chi connectivity index (χ2v) is 9.70. The number of hydrogen-bond donors (Lipinski definition) is 1. The fraction of sp³-hybridized carbons (Fsp3) is 0.316. The molecular weight excluding hydrogens is 476 g/mol. The van der Waals surface area contributed by atoms with Gasteiger partial charge in [0.1, 0.15) is 5.82 Å². The molecule has 30 heavy (non-hydrogen) atoms. The van der Waals surface area contributed by atoms with E-state index in [1.807, 2.05) is 0 Å². The Hall–Kier alpha value is -2.50. The number of ether oxygens (including phenoxy) is 1. The molecule has 0 unspecified atom stereocenters. The summed E-state index contributed by atoms with van der Waals surface area (Å²) in [6.45, 7) is 1.36. The molecule has 0 radical (unpaired) electrons. The van der Waals surface area contributed by atoms with Gasteiger partial charge in [-0.3, -0.25) is 4.90 Å². The summed E-state index contributed by atoms with van der Waals surface area (Å²) in [6, 6.07) is 9.18. The van der Waals surface area contributed by atoms with Crippen LogP contribution in [0.4, 0.5) is 10.6 Å². The van der Waals surface area contributed by atoms with Crippen LogP contribution < -0.4 is 4.90 Å². The number of nitrogens with zero attached hydrogens (tertiary/aromatic N) is 4. The molecule has 9 nitrogen and oxygen atoms in total. The highest BCUT2D eigenvalue weighted by Gasteiger charge is 2.28. The molecule has 1 N–H and O–H groups in total. The first-order valence-corrected chi connectivity index (χ1v) is 11.6. The van der Waals surface area contributed by atoms with E-state index in [-0.39, 0.29) is 33.8 Å². The Morgan fingerprint density at radius 3 is 2.63 bits per heavy atom. The minimum Gasteiger partial charge on any atom is -0.465 e. The van der Waals surface area contributed by atoms with Crippen LogP contribution in [0.2, 0.25) is 0 Å². The van der Waals surface area contributed by atoms with Crippen molar-refractivity contribution in [3.8, 4) is 0 Å². The first-order valence-electron chi connectivity index (χ1n) is 9.30. The summed E-state index contributed by atoms with van der Waals surface area (Å²) in [7, 11) is -3.95. The smallest absolute Gasteiger partial charge is 0.413 e. The van der Waals surface area contributed by atoms with Gasteiger partial charge >= 0.3 is 6.09 Å². The Labute approximate surface area is 181 Å². The monoisotopic (exact) mass is 494 g/mol. The van der Waals surface area contributed by atoms with E-state index in [0.717, 1.165) is 17.7 Å². The molecule has 3 heterocycles. The molecule has 2 aromatic heterocycles. The maximum Gasteiger partial charge on any atom is 0.413 e. The predicted molar refractivity (Wildman–Crippen MR) is 111 cm³/mol. The lowest BCUT2D eigenvalue weighted by molar-refractivity contribution is 0.0680. The van der Waals surface area contributed by atoms with Gasteiger partial charge in [0, 0.05) is 25.8 Å². The summed E-state index contributed by atoms with van der Waals surface area (Å²) in [5.74, 6) is 0.227. The van der Waals surface area contributed by atoms with Gasteiger partial charge in [-0.25, -0.2) is 18.2 Å². The van der Waals surface area contributed by atoms with Crippen molar-refractivity contribution < 1.29 is 23.1 Å². The number of carboxylic acid groups (broad SMARTS) is 1. The molecule has 158 valence electrons. The van der Waals surface area contributed by atoms with Gasteiger partial charge in [-0.15, -0.1) is 0 Å². The molecule has 1 aliphatic rings. The minimum absolute atomic E-state index is 0.0785. The van der Waals surface area contributed by atoms with Crippen LogP contribution >= 0.6 is 15.9 Å². The van der Waals surface area contributed by atoms with Crippen molar-refractivity contribution in [2.45, 2.75) is 22.8 Å². The summed E-state index contributed by atoms with van der Waals surface area (Å²) >= 11 is 3.32. The van der Waals surface area contributed by atoms with Crippen molar-refractivity contribution in [2.24, 2.45) is 5.92 Å². The highest BCUT2D eigenvalue weighted by Crippen LogP contribution is 2.29. The zero-order chi connectivity index (χ0) is 21.3. The maximum absolute atomic E-state index is 13.2. The largest absolute Gasteiger partial charge is 0.465 e. The predicted octanol–water partition coefficient (Wildman–Crippen LogP) is 3.24. The van der Waals surface area contributed by atoms with Crippen LogP contribution in [0.15, 0.2) is 57.0 Å². The van der Waals surface area contributed by atoms with Gasteiger partial charge < -0.3 is 9.84 Å². The van der Waals surface area contributed by atoms with Gasteiger partial charge in [0.05, 0.1) is 15.6 Å². The van der Waals surface area contributed by atoms with Crippen LogP contribution in [-0.4, -0.2) is 54.0 Å². The first kappa shape index (κ1) is 20.8. The molecular formula is C19H19BrN4O5S. The Bertz CT molecular complexity index is 1180. The highest BCUT2D eigenvalue weighted by molar-refractivity contribution is 9.10. The molecule has 1 fully saturated rings. The van der Waals surface area contributed by atoms with E-state index < -0.39 is 15.9 Å². The normalized spacial score (nSPS) is 15.4. The Morgan fingerprint density at radius 2 is 1.97 bits per heavy atom. The summed E-state index contributed by atoms with van der Waals surface area (Å²) in [6.07, 6.45) is 1.73. The van der Waals surface area contributed by atoms with Gasteiger partial charge in [-0.2, -0.15) is 9.61 Å². The molecule has 1 amide bonds. The number of anilines is 1. The molecule has 1 aromatic carbocycles. The van der Waals surface area contributed by atoms with E-state index in [1.54, 1.807) is 18.2 Å². The standard InChI is InChI=1S/C19H19BrN4O5S/c20-15-11-21-24-17(23(19(25)26)12-13-6-8-29-9-7-13)10-16(22-18(15)24)30(27,28)14-4-2-1-3-5-14/h1-5,10-11,13H,6-9,12H2,(H,25,26). The lowest BCUT2D eigenvalue weighted by atomic mass is 10.00. The second kappa shape index (κ2) is 8.32. The third-order valence-electron chi connectivity index (χ3n) is 5.00. The molecule has 0 aliphatic carbocycles. The fourth-order valence-electron chi connectivity index (χ4n) is 3.41. The van der Waals surface area contributed by atoms with Gasteiger partial charge in [-0.1, -0.05) is 18.2 Å². The van der Waals surface area contributed by atoms with Crippen LogP contribution in [0.3, 0.4) is 0 Å². The lowest BCUT2D eigenvalue weighted by Crippen LogP contribution is -2.37. The number of hydrogen-bond acceptors (Lipinski definition) is 6. The Balaban J connectivity index is 1.85. The third kappa shape index (κ3) is 3.92. The van der Waals surface area contributed by atoms with Crippen LogP contribution in [0.5, 0.6) is 0 Å². The molecule has 11 heteroatoms. The summed E-state index contributed by atoms with van der Waals surface area (Å²) in [5, 5.41) is 13.9. The van der Waals surface area contributed by atoms with Gasteiger partial charge in [0.2, 0.25) is 9.84 Å². The van der Waals surface area contributed by atoms with Crippen LogP contribution in [-0.2, 0) is 14.6 Å². The van der Waals surface area contributed by atoms with Gasteiger partial charge in [0.25, 0.3) is 0 Å². The molecule has 4 rings (SSSR count). The van der Waals surface area contributed by atoms with Crippen molar-refractivity contribution in [1.29, 1.82) is 0 Å². The van der Waals surface area contributed by atoms with Crippen molar-refractivity contribution in [2.75, 3.05) is 24.7 Å². The molecule has 1 aliphatic heterocycles. The van der Waals surface area contributed by atoms with E-state index in [0.29, 0.717) is 17.7 Å². The lowest BCUT2D eigenvalue weighted by Gasteiger charge is -2.28. The summed E-state index contributed by atoms with van der Waals surface area (Å²) in [5.41, 5.74) is 0.222. The first-order chi connectivity index (χ1) is 14.4. The second-order valence-electron chi connectivity index (χ2n) is 6.95. The minimum atomic E-state index is -3.95. The van der Waals surface area contributed by atoms with Crippen LogP contribution in [0, 0.1) is 5.92 Å². The zero-order valence-electron chi connectivity index (χ0n) is 15.8. The zero-order valence-corrected chi connectivity index (χ0v) is 18.2. The number of fused-ring (bicyclic) bond motifs is 1. The van der Waals surface area contributed by atoms with Crippen molar-refractivity contribution in [3.05, 3.63) is 47.1 Å². The van der Waals surface area contributed by atoms with E-state index in [2.05, 4.69) is 26.0 Å². The van der Waals surface area contributed by atoms with Crippen LogP contribution in [0.25, 0.3) is 5.65 Å². The van der Waals surface area contributed by atoms with Gasteiger partial charge in [-0.05, 0) is 46.8 Å². The summed E-state index contributed by atoms with van der Waals surface area (Å²) < 4.78 is 33.5. The number of halogens is 1.